The van der Waals surface area contributed by atoms with Gasteiger partial charge in [0.15, 0.2) is 0 Å². The molecular formula is C16H16N2NaO5. The maximum Gasteiger partial charge on any atom is 0.352 e. The minimum Gasteiger partial charge on any atom is -0.477 e. The Morgan fingerprint density at radius 2 is 2.04 bits per heavy atom. The minimum atomic E-state index is -1.20. The van der Waals surface area contributed by atoms with Crippen LogP contribution in [0.4, 0.5) is 0 Å². The Morgan fingerprint density at radius 1 is 1.38 bits per heavy atom. The molecule has 2 aliphatic rings. The second-order valence-electron chi connectivity index (χ2n) is 5.82. The van der Waals surface area contributed by atoms with Gasteiger partial charge in [-0.1, -0.05) is 12.1 Å². The van der Waals surface area contributed by atoms with Crippen molar-refractivity contribution < 1.29 is 24.6 Å². The summed E-state index contributed by atoms with van der Waals surface area (Å²) in [5, 5.41) is 19.2. The Balaban J connectivity index is 0.00000208. The van der Waals surface area contributed by atoms with Crippen molar-refractivity contribution in [2.75, 3.05) is 0 Å². The number of hydrogen-bond acceptors (Lipinski definition) is 4. The molecule has 4 N–H and O–H groups in total. The van der Waals surface area contributed by atoms with E-state index in [1.54, 1.807) is 18.2 Å². The molecule has 1 fully saturated rings. The number of aliphatic hydroxyl groups is 1. The summed E-state index contributed by atoms with van der Waals surface area (Å²) in [5.74, 6) is -2.79. The predicted molar refractivity (Wildman–Crippen MR) is 85.7 cm³/mol. The molecule has 0 aromatic heterocycles. The molecule has 1 saturated heterocycles. The molecule has 2 aliphatic heterocycles. The number of carboxylic acids is 1. The van der Waals surface area contributed by atoms with Gasteiger partial charge in [0.25, 0.3) is 0 Å². The molecule has 121 valence electrons. The van der Waals surface area contributed by atoms with E-state index in [0.717, 1.165) is 0 Å². The van der Waals surface area contributed by atoms with Crippen LogP contribution in [0, 0.1) is 5.92 Å². The van der Waals surface area contributed by atoms with E-state index in [1.807, 2.05) is 0 Å². The molecule has 0 bridgehead atoms. The average Bonchev–Trinajstić information content (AvgIpc) is 2.82. The van der Waals surface area contributed by atoms with Gasteiger partial charge in [-0.15, -0.1) is 0 Å². The first-order valence-electron chi connectivity index (χ1n) is 7.20. The third kappa shape index (κ3) is 2.77. The van der Waals surface area contributed by atoms with Crippen molar-refractivity contribution in [3.8, 4) is 0 Å². The van der Waals surface area contributed by atoms with Gasteiger partial charge in [-0.3, -0.25) is 9.59 Å². The van der Waals surface area contributed by atoms with Gasteiger partial charge in [0.1, 0.15) is 5.70 Å². The third-order valence-corrected chi connectivity index (χ3v) is 4.43. The molecular weight excluding hydrogens is 323 g/mol. The Hall–Kier alpha value is -1.67. The number of carboxylic acid groups (broad SMARTS) is 1. The first-order valence-corrected chi connectivity index (χ1v) is 7.20. The molecule has 1 aromatic carbocycles. The largest absolute Gasteiger partial charge is 0.477 e. The standard InChI is InChI=1S/C16H16N2O5.Na/c1-7(19)12-11-6-10(13(16(22)23)18(11)15(12)21)8-3-2-4-9(5-8)14(17)20;/h2-5,7,11-12,19H,6H2,1H3,(H2,17,20)(H,22,23);/t7-,11-,12-;/m1./s1. The van der Waals surface area contributed by atoms with Gasteiger partial charge in [-0.05, 0) is 36.6 Å². The van der Waals surface area contributed by atoms with Crippen molar-refractivity contribution in [1.29, 1.82) is 0 Å². The summed E-state index contributed by atoms with van der Waals surface area (Å²) in [6.45, 7) is 1.52. The Morgan fingerprint density at radius 3 is 2.58 bits per heavy atom. The maximum atomic E-state index is 12.1. The second kappa shape index (κ2) is 6.68. The van der Waals surface area contributed by atoms with Gasteiger partial charge in [0, 0.05) is 35.1 Å². The quantitative estimate of drug-likeness (QED) is 0.519. The number of fused-ring (bicyclic) bond motifs is 1. The van der Waals surface area contributed by atoms with Crippen molar-refractivity contribution in [2.45, 2.75) is 25.5 Å². The van der Waals surface area contributed by atoms with E-state index >= 15 is 0 Å². The molecule has 8 heteroatoms. The van der Waals surface area contributed by atoms with E-state index < -0.39 is 23.9 Å². The van der Waals surface area contributed by atoms with Gasteiger partial charge in [0.2, 0.25) is 11.8 Å². The zero-order valence-electron chi connectivity index (χ0n) is 13.4. The predicted octanol–water partition coefficient (Wildman–Crippen LogP) is -0.188. The van der Waals surface area contributed by atoms with Crippen LogP contribution in [-0.2, 0) is 9.59 Å². The number of hydrogen-bond donors (Lipinski definition) is 3. The van der Waals surface area contributed by atoms with E-state index in [2.05, 4.69) is 0 Å². The Bertz CT molecular complexity index is 759. The topological polar surface area (TPSA) is 121 Å². The first kappa shape index (κ1) is 18.7. The number of carbonyl (C=O) groups is 3. The van der Waals surface area contributed by atoms with Crippen LogP contribution < -0.4 is 5.73 Å². The number of nitrogens with zero attached hydrogens (tertiary/aromatic N) is 1. The molecule has 0 unspecified atom stereocenters. The van der Waals surface area contributed by atoms with Gasteiger partial charge < -0.3 is 20.8 Å². The van der Waals surface area contributed by atoms with Crippen LogP contribution in [0.25, 0.3) is 5.57 Å². The number of carbonyl (C=O) groups excluding carboxylic acids is 2. The second-order valence-corrected chi connectivity index (χ2v) is 5.82. The van der Waals surface area contributed by atoms with Crippen molar-refractivity contribution in [2.24, 2.45) is 11.7 Å². The fraction of sp³-hybridized carbons (Fsp3) is 0.312. The summed E-state index contributed by atoms with van der Waals surface area (Å²) in [7, 11) is 0. The van der Waals surface area contributed by atoms with Crippen molar-refractivity contribution in [1.82, 2.24) is 4.90 Å². The molecule has 1 radical (unpaired) electrons. The summed E-state index contributed by atoms with van der Waals surface area (Å²) >= 11 is 0. The number of primary amides is 1. The fourth-order valence-corrected chi connectivity index (χ4v) is 3.39. The van der Waals surface area contributed by atoms with Gasteiger partial charge in [-0.2, -0.15) is 0 Å². The minimum absolute atomic E-state index is 0. The van der Waals surface area contributed by atoms with E-state index in [1.165, 1.54) is 17.9 Å². The monoisotopic (exact) mass is 339 g/mol. The smallest absolute Gasteiger partial charge is 0.352 e. The van der Waals surface area contributed by atoms with E-state index in [0.29, 0.717) is 17.6 Å². The van der Waals surface area contributed by atoms with Crippen LogP contribution >= 0.6 is 0 Å². The van der Waals surface area contributed by atoms with E-state index in [9.17, 15) is 24.6 Å². The number of aliphatic hydroxyl groups excluding tert-OH is 1. The SMILES string of the molecule is C[C@@H](O)[C@H]1C(=O)N2C(C(=O)O)=C(c3cccc(C(N)=O)c3)C[C@H]12.[Na]. The summed E-state index contributed by atoms with van der Waals surface area (Å²) in [5.41, 5.74) is 6.46. The van der Waals surface area contributed by atoms with Crippen LogP contribution in [0.1, 0.15) is 29.3 Å². The van der Waals surface area contributed by atoms with E-state index in [-0.39, 0.29) is 52.8 Å². The molecule has 7 nitrogen and oxygen atoms in total. The van der Waals surface area contributed by atoms with Crippen molar-refractivity contribution in [3.63, 3.8) is 0 Å². The molecule has 3 atom stereocenters. The zero-order valence-corrected chi connectivity index (χ0v) is 15.4. The molecule has 3 rings (SSSR count). The summed E-state index contributed by atoms with van der Waals surface area (Å²) in [4.78, 5) is 36.3. The number of benzene rings is 1. The number of β-lactam (4-membered cyclic amide) rings is 1. The normalized spacial score (nSPS) is 23.2. The molecule has 2 heterocycles. The fourth-order valence-electron chi connectivity index (χ4n) is 3.39. The van der Waals surface area contributed by atoms with Crippen molar-refractivity contribution in [3.05, 3.63) is 41.1 Å². The number of amides is 2. The van der Waals surface area contributed by atoms with Gasteiger partial charge in [-0.25, -0.2) is 4.79 Å². The molecule has 0 spiro atoms. The molecule has 1 aromatic rings. The maximum absolute atomic E-state index is 12.1. The van der Waals surface area contributed by atoms with Crippen molar-refractivity contribution >= 4 is 52.9 Å². The third-order valence-electron chi connectivity index (χ3n) is 4.43. The molecule has 0 aliphatic carbocycles. The summed E-state index contributed by atoms with van der Waals surface area (Å²) in [6, 6.07) is 6.00. The molecule has 24 heavy (non-hydrogen) atoms. The number of nitrogens with two attached hydrogens (primary N) is 1. The van der Waals surface area contributed by atoms with Gasteiger partial charge in [0.05, 0.1) is 18.1 Å². The van der Waals surface area contributed by atoms with Gasteiger partial charge >= 0.3 is 5.97 Å². The first-order chi connectivity index (χ1) is 10.8. The average molecular weight is 339 g/mol. The number of rotatable bonds is 4. The zero-order chi connectivity index (χ0) is 16.9. The molecule has 0 saturated carbocycles. The number of aliphatic carboxylic acids is 1. The molecule has 2 amide bonds. The Kier molecular flexibility index (Phi) is 5.19. The van der Waals surface area contributed by atoms with Crippen LogP contribution in [0.5, 0.6) is 0 Å². The van der Waals surface area contributed by atoms with E-state index in [4.69, 9.17) is 5.73 Å². The summed E-state index contributed by atoms with van der Waals surface area (Å²) in [6.07, 6.45) is -0.513. The van der Waals surface area contributed by atoms with Crippen LogP contribution in [0.2, 0.25) is 0 Å². The summed E-state index contributed by atoms with van der Waals surface area (Å²) < 4.78 is 0. The van der Waals surface area contributed by atoms with Crippen LogP contribution in [0.3, 0.4) is 0 Å². The Labute approximate surface area is 160 Å². The van der Waals surface area contributed by atoms with Crippen LogP contribution in [0.15, 0.2) is 30.0 Å². The van der Waals surface area contributed by atoms with Crippen LogP contribution in [-0.4, -0.2) is 74.6 Å².